The van der Waals surface area contributed by atoms with Crippen LogP contribution in [0.4, 0.5) is 26.3 Å². The highest BCUT2D eigenvalue weighted by molar-refractivity contribution is 5.85. The number of halogens is 7. The summed E-state index contributed by atoms with van der Waals surface area (Å²) in [7, 11) is 0. The van der Waals surface area contributed by atoms with Gasteiger partial charge in [-0.3, -0.25) is 4.90 Å². The molecule has 10 heteroatoms. The Balaban J connectivity index is 0.00000288. The number of hydrogen-bond donors (Lipinski definition) is 2. The van der Waals surface area contributed by atoms with Gasteiger partial charge in [-0.05, 0) is 17.7 Å². The summed E-state index contributed by atoms with van der Waals surface area (Å²) in [5.74, 6) is -5.22. The second-order valence-corrected chi connectivity index (χ2v) is 5.34. The fourth-order valence-corrected chi connectivity index (χ4v) is 2.68. The molecule has 1 aromatic rings. The summed E-state index contributed by atoms with van der Waals surface area (Å²) in [6.45, 7) is -0.224. The average Bonchev–Trinajstić information content (AvgIpc) is 2.47. The van der Waals surface area contributed by atoms with Gasteiger partial charge in [0.05, 0.1) is 5.56 Å². The van der Waals surface area contributed by atoms with Crippen LogP contribution in [0.3, 0.4) is 0 Å². The smallest absolute Gasteiger partial charge is 0.390 e. The van der Waals surface area contributed by atoms with E-state index in [0.29, 0.717) is 25.2 Å². The quantitative estimate of drug-likeness (QED) is 0.791. The summed E-state index contributed by atoms with van der Waals surface area (Å²) in [5.41, 5.74) is -1.80. The monoisotopic (exact) mass is 378 g/mol. The first kappa shape index (κ1) is 21.0. The van der Waals surface area contributed by atoms with E-state index in [4.69, 9.17) is 5.11 Å². The number of nitrogens with zero attached hydrogens (tertiary/aromatic N) is 1. The number of nitrogens with one attached hydrogen (secondary N) is 1. The van der Waals surface area contributed by atoms with Crippen molar-refractivity contribution in [3.05, 3.63) is 35.1 Å². The lowest BCUT2D eigenvalue weighted by Crippen LogP contribution is -2.51. The second-order valence-electron chi connectivity index (χ2n) is 5.34. The number of aliphatic hydroxyl groups excluding tert-OH is 1. The van der Waals surface area contributed by atoms with Gasteiger partial charge in [0, 0.05) is 26.2 Å². The molecule has 0 saturated carbocycles. The molecule has 0 aromatic heterocycles. The highest BCUT2D eigenvalue weighted by Crippen LogP contribution is 2.39. The van der Waals surface area contributed by atoms with Gasteiger partial charge in [-0.25, -0.2) is 13.2 Å². The molecule has 2 rings (SSSR count). The summed E-state index contributed by atoms with van der Waals surface area (Å²) >= 11 is 0. The zero-order chi connectivity index (χ0) is 17.3. The number of benzene rings is 1. The molecule has 1 aliphatic rings. The van der Waals surface area contributed by atoms with E-state index in [1.54, 1.807) is 0 Å². The molecule has 1 saturated heterocycles. The van der Waals surface area contributed by atoms with Crippen molar-refractivity contribution in [3.8, 4) is 0 Å². The van der Waals surface area contributed by atoms with E-state index in [2.05, 4.69) is 5.32 Å². The van der Waals surface area contributed by atoms with Crippen LogP contribution in [0.1, 0.15) is 17.2 Å². The van der Waals surface area contributed by atoms with Gasteiger partial charge in [0.25, 0.3) is 5.92 Å². The zero-order valence-electron chi connectivity index (χ0n) is 12.4. The number of hydrogen-bond acceptors (Lipinski definition) is 3. The molecular formula is C14H17ClF6N2O. The van der Waals surface area contributed by atoms with E-state index in [9.17, 15) is 26.3 Å². The predicted octanol–water partition coefficient (Wildman–Crippen LogP) is 2.84. The molecule has 24 heavy (non-hydrogen) atoms. The maximum Gasteiger partial charge on any atom is 0.419 e. The molecule has 138 valence electrons. The van der Waals surface area contributed by atoms with Crippen LogP contribution in [0.5, 0.6) is 0 Å². The highest BCUT2D eigenvalue weighted by Gasteiger charge is 2.45. The highest BCUT2D eigenvalue weighted by atomic mass is 35.5. The predicted molar refractivity (Wildman–Crippen MR) is 77.9 cm³/mol. The van der Waals surface area contributed by atoms with Crippen LogP contribution in [0.25, 0.3) is 0 Å². The van der Waals surface area contributed by atoms with Crippen LogP contribution in [0, 0.1) is 5.82 Å². The minimum Gasteiger partial charge on any atom is -0.390 e. The van der Waals surface area contributed by atoms with Crippen molar-refractivity contribution in [2.75, 3.05) is 32.8 Å². The molecule has 1 aliphatic heterocycles. The van der Waals surface area contributed by atoms with Gasteiger partial charge in [0.1, 0.15) is 18.5 Å². The lowest BCUT2D eigenvalue weighted by molar-refractivity contribution is -0.140. The van der Waals surface area contributed by atoms with Crippen LogP contribution < -0.4 is 5.32 Å². The molecule has 0 unspecified atom stereocenters. The van der Waals surface area contributed by atoms with Gasteiger partial charge >= 0.3 is 6.18 Å². The van der Waals surface area contributed by atoms with Gasteiger partial charge < -0.3 is 10.4 Å². The Bertz CT molecular complexity index is 549. The summed E-state index contributed by atoms with van der Waals surface area (Å²) < 4.78 is 79.7. The third-order valence-corrected chi connectivity index (χ3v) is 3.74. The molecule has 3 nitrogen and oxygen atoms in total. The topological polar surface area (TPSA) is 35.5 Å². The SMILES string of the molecule is Cl.OCC(F)(F)[C@@H](c1ccc(C(F)(F)F)c(F)c1)N1CCNCC1. The molecular weight excluding hydrogens is 362 g/mol. The number of piperazine rings is 1. The summed E-state index contributed by atoms with van der Waals surface area (Å²) in [4.78, 5) is 1.33. The molecule has 1 heterocycles. The maximum absolute atomic E-state index is 14.1. The third kappa shape index (κ3) is 4.53. The van der Waals surface area contributed by atoms with Gasteiger partial charge in [0.2, 0.25) is 0 Å². The van der Waals surface area contributed by atoms with Crippen molar-refractivity contribution >= 4 is 12.4 Å². The first-order valence-electron chi connectivity index (χ1n) is 6.97. The Hall–Kier alpha value is -1.03. The first-order valence-corrected chi connectivity index (χ1v) is 6.97. The fourth-order valence-electron chi connectivity index (χ4n) is 2.68. The molecule has 2 N–H and O–H groups in total. The number of alkyl halides is 5. The fraction of sp³-hybridized carbons (Fsp3) is 0.571. The van der Waals surface area contributed by atoms with E-state index in [0.717, 1.165) is 6.07 Å². The van der Waals surface area contributed by atoms with Crippen LogP contribution in [-0.2, 0) is 6.18 Å². The van der Waals surface area contributed by atoms with Gasteiger partial charge in [-0.1, -0.05) is 6.07 Å². The molecule has 1 aromatic carbocycles. The molecule has 1 atom stereocenters. The summed E-state index contributed by atoms with van der Waals surface area (Å²) in [6, 6.07) is 0.0700. The van der Waals surface area contributed by atoms with Crippen molar-refractivity contribution in [2.24, 2.45) is 0 Å². The minimum atomic E-state index is -4.90. The lowest BCUT2D eigenvalue weighted by Gasteiger charge is -2.38. The molecule has 1 fully saturated rings. The second kappa shape index (κ2) is 7.90. The molecule has 0 amide bonds. The van der Waals surface area contributed by atoms with Crippen LogP contribution in [0.15, 0.2) is 18.2 Å². The Morgan fingerprint density at radius 1 is 1.12 bits per heavy atom. The zero-order valence-corrected chi connectivity index (χ0v) is 13.2. The van der Waals surface area contributed by atoms with Crippen molar-refractivity contribution < 1.29 is 31.4 Å². The van der Waals surface area contributed by atoms with Crippen LogP contribution >= 0.6 is 12.4 Å². The summed E-state index contributed by atoms with van der Waals surface area (Å²) in [6.07, 6.45) is -4.90. The lowest BCUT2D eigenvalue weighted by atomic mass is 9.96. The van der Waals surface area contributed by atoms with Gasteiger partial charge in [0.15, 0.2) is 0 Å². The van der Waals surface area contributed by atoms with Gasteiger partial charge in [-0.15, -0.1) is 12.4 Å². The van der Waals surface area contributed by atoms with Gasteiger partial charge in [-0.2, -0.15) is 13.2 Å². The van der Waals surface area contributed by atoms with Crippen molar-refractivity contribution in [1.82, 2.24) is 10.2 Å². The molecule has 0 bridgehead atoms. The largest absolute Gasteiger partial charge is 0.419 e. The Morgan fingerprint density at radius 3 is 2.17 bits per heavy atom. The third-order valence-electron chi connectivity index (χ3n) is 3.74. The van der Waals surface area contributed by atoms with Crippen LogP contribution in [0.2, 0.25) is 0 Å². The molecule has 0 radical (unpaired) electrons. The first-order chi connectivity index (χ1) is 10.7. The van der Waals surface area contributed by atoms with Crippen molar-refractivity contribution in [3.63, 3.8) is 0 Å². The Labute approximate surface area is 141 Å². The van der Waals surface area contributed by atoms with E-state index in [1.807, 2.05) is 0 Å². The number of aliphatic hydroxyl groups is 1. The van der Waals surface area contributed by atoms with Crippen molar-refractivity contribution in [2.45, 2.75) is 18.1 Å². The van der Waals surface area contributed by atoms with E-state index < -0.39 is 36.1 Å². The van der Waals surface area contributed by atoms with E-state index >= 15 is 0 Å². The molecule has 0 spiro atoms. The Kier molecular flexibility index (Phi) is 6.92. The molecule has 0 aliphatic carbocycles. The standard InChI is InChI=1S/C14H16F6N2O.ClH/c15-11-7-9(1-2-10(11)14(18,19)20)12(13(16,17)8-23)22-5-3-21-4-6-22;/h1-2,7,12,21,23H,3-6,8H2;1H/t12-;/m1./s1. The summed E-state index contributed by atoms with van der Waals surface area (Å²) in [5, 5.41) is 11.9. The normalized spacial score (nSPS) is 18.1. The maximum atomic E-state index is 14.1. The van der Waals surface area contributed by atoms with Crippen molar-refractivity contribution in [1.29, 1.82) is 0 Å². The Morgan fingerprint density at radius 2 is 1.71 bits per heavy atom. The van der Waals surface area contributed by atoms with Crippen LogP contribution in [-0.4, -0.2) is 48.7 Å². The minimum absolute atomic E-state index is 0. The van der Waals surface area contributed by atoms with E-state index in [-0.39, 0.29) is 31.1 Å². The van der Waals surface area contributed by atoms with E-state index in [1.165, 1.54) is 4.90 Å². The average molecular weight is 379 g/mol. The number of rotatable bonds is 4.